The second-order valence-corrected chi connectivity index (χ2v) is 7.44. The van der Waals surface area contributed by atoms with Crippen LogP contribution in [-0.4, -0.2) is 29.9 Å². The fourth-order valence-corrected chi connectivity index (χ4v) is 4.52. The van der Waals surface area contributed by atoms with Gasteiger partial charge in [-0.05, 0) is 66.9 Å². The lowest BCUT2D eigenvalue weighted by atomic mass is 9.79. The Morgan fingerprint density at radius 1 is 0.926 bits per heavy atom. The topological polar surface area (TPSA) is 55.8 Å². The van der Waals surface area contributed by atoms with Gasteiger partial charge in [-0.2, -0.15) is 0 Å². The second-order valence-electron chi connectivity index (χ2n) is 7.44. The highest BCUT2D eigenvalue weighted by Gasteiger charge is 2.42. The van der Waals surface area contributed by atoms with Crippen LogP contribution in [0.5, 0.6) is 11.5 Å². The van der Waals surface area contributed by atoms with Crippen LogP contribution >= 0.6 is 0 Å². The predicted molar refractivity (Wildman–Crippen MR) is 101 cm³/mol. The number of nitrogens with zero attached hydrogens (tertiary/aromatic N) is 1. The third kappa shape index (κ3) is 3.02. The molecule has 0 saturated carbocycles. The average molecular weight is 365 g/mol. The molecule has 2 aromatic carbocycles. The van der Waals surface area contributed by atoms with Gasteiger partial charge in [-0.25, -0.2) is 0 Å². The van der Waals surface area contributed by atoms with E-state index in [4.69, 9.17) is 9.47 Å². The number of hydrogen-bond donors (Lipinski definition) is 0. The lowest BCUT2D eigenvalue weighted by molar-refractivity contribution is -0.132. The van der Waals surface area contributed by atoms with Gasteiger partial charge in [-0.15, -0.1) is 0 Å². The summed E-state index contributed by atoms with van der Waals surface area (Å²) in [7, 11) is 2.16. The molecule has 2 aromatic rings. The zero-order valence-corrected chi connectivity index (χ0v) is 16.0. The number of likely N-dealkylation sites (N-methyl/N-ethyl adjacent to an activating group) is 1. The molecule has 0 fully saturated rings. The molecule has 1 aliphatic carbocycles. The van der Waals surface area contributed by atoms with Gasteiger partial charge in [0.2, 0.25) is 0 Å². The summed E-state index contributed by atoms with van der Waals surface area (Å²) >= 11 is 0. The van der Waals surface area contributed by atoms with Crippen molar-refractivity contribution in [2.75, 3.05) is 7.05 Å². The molecule has 0 unspecified atom stereocenters. The monoisotopic (exact) mass is 365 g/mol. The third-order valence-corrected chi connectivity index (χ3v) is 5.76. The van der Waals surface area contributed by atoms with Crippen LogP contribution in [-0.2, 0) is 16.0 Å². The van der Waals surface area contributed by atoms with Crippen molar-refractivity contribution >= 4 is 11.9 Å². The van der Waals surface area contributed by atoms with Gasteiger partial charge < -0.3 is 9.47 Å². The van der Waals surface area contributed by atoms with Crippen molar-refractivity contribution in [2.45, 2.75) is 45.2 Å². The van der Waals surface area contributed by atoms with E-state index in [1.54, 1.807) is 0 Å². The molecule has 2 bridgehead atoms. The van der Waals surface area contributed by atoms with Gasteiger partial charge in [0.25, 0.3) is 0 Å². The number of esters is 2. The molecule has 2 aliphatic heterocycles. The van der Waals surface area contributed by atoms with Gasteiger partial charge in [0.05, 0.1) is 0 Å². The first-order valence-electron chi connectivity index (χ1n) is 9.20. The Morgan fingerprint density at radius 2 is 1.52 bits per heavy atom. The van der Waals surface area contributed by atoms with Crippen LogP contribution in [0.15, 0.2) is 36.4 Å². The Morgan fingerprint density at radius 3 is 2.15 bits per heavy atom. The van der Waals surface area contributed by atoms with Crippen molar-refractivity contribution in [1.82, 2.24) is 4.90 Å². The molecular weight excluding hydrogens is 342 g/mol. The first-order valence-corrected chi connectivity index (χ1v) is 9.20. The predicted octanol–water partition coefficient (Wildman–Crippen LogP) is 3.60. The summed E-state index contributed by atoms with van der Waals surface area (Å²) in [5.41, 5.74) is 4.89. The maximum Gasteiger partial charge on any atom is 0.308 e. The van der Waals surface area contributed by atoms with Gasteiger partial charge >= 0.3 is 11.9 Å². The summed E-state index contributed by atoms with van der Waals surface area (Å²) in [6, 6.07) is 12.4. The molecule has 5 nitrogen and oxygen atoms in total. The molecule has 0 saturated heterocycles. The zero-order valence-electron chi connectivity index (χ0n) is 16.0. The van der Waals surface area contributed by atoms with Crippen molar-refractivity contribution in [3.05, 3.63) is 58.7 Å². The molecular formula is C22H23NO4. The maximum absolute atomic E-state index is 11.4. The largest absolute Gasteiger partial charge is 0.427 e. The molecule has 5 rings (SSSR count). The van der Waals surface area contributed by atoms with E-state index in [-0.39, 0.29) is 29.9 Å². The lowest BCUT2D eigenvalue weighted by Gasteiger charge is -2.42. The smallest absolute Gasteiger partial charge is 0.308 e. The SMILES string of the molecule is CC(=O)Oc1ccc2c(c1)[C@H]1c3cc(OC(C)=O)ccc3[C@H](C2)N(C)[C@@H]1C. The summed E-state index contributed by atoms with van der Waals surface area (Å²) in [4.78, 5) is 25.2. The number of rotatable bonds is 2. The van der Waals surface area contributed by atoms with Gasteiger partial charge in [-0.3, -0.25) is 14.5 Å². The standard InChI is InChI=1S/C22H23NO4/c1-12-22-19-10-16(26-13(2)24)6-5-15(19)9-21(23(12)4)18-8-7-17(11-20(18)22)27-14(3)25/h5-8,10-12,21-22H,9H2,1-4H3/t12-,21+,22+/m1/s1. The Balaban J connectivity index is 1.87. The molecule has 2 heterocycles. The highest BCUT2D eigenvalue weighted by molar-refractivity contribution is 5.70. The quantitative estimate of drug-likeness (QED) is 0.601. The molecule has 3 aliphatic rings. The Bertz CT molecular complexity index is 936. The van der Waals surface area contributed by atoms with Crippen LogP contribution in [0.4, 0.5) is 0 Å². The molecule has 0 aromatic heterocycles. The summed E-state index contributed by atoms with van der Waals surface area (Å²) in [5.74, 6) is 0.609. The van der Waals surface area contributed by atoms with Crippen LogP contribution in [0.3, 0.4) is 0 Å². The van der Waals surface area contributed by atoms with E-state index in [1.807, 2.05) is 24.3 Å². The van der Waals surface area contributed by atoms with Crippen LogP contribution in [0.2, 0.25) is 0 Å². The minimum atomic E-state index is -0.324. The Hall–Kier alpha value is -2.66. The van der Waals surface area contributed by atoms with Crippen molar-refractivity contribution in [2.24, 2.45) is 0 Å². The zero-order chi connectivity index (χ0) is 19.3. The molecule has 5 heteroatoms. The molecule has 3 atom stereocenters. The van der Waals surface area contributed by atoms with E-state index in [2.05, 4.69) is 31.0 Å². The minimum Gasteiger partial charge on any atom is -0.427 e. The van der Waals surface area contributed by atoms with Crippen LogP contribution in [0.1, 0.15) is 55.0 Å². The van der Waals surface area contributed by atoms with Gasteiger partial charge in [0, 0.05) is 31.8 Å². The molecule has 0 N–H and O–H groups in total. The Labute approximate surface area is 158 Å². The lowest BCUT2D eigenvalue weighted by Crippen LogP contribution is -2.41. The van der Waals surface area contributed by atoms with Gasteiger partial charge in [0.15, 0.2) is 0 Å². The van der Waals surface area contributed by atoms with E-state index in [9.17, 15) is 9.59 Å². The maximum atomic E-state index is 11.4. The van der Waals surface area contributed by atoms with E-state index < -0.39 is 0 Å². The normalized spacial score (nSPS) is 23.2. The number of ether oxygens (including phenoxy) is 2. The summed E-state index contributed by atoms with van der Waals surface area (Å²) in [6.45, 7) is 5.04. The van der Waals surface area contributed by atoms with Crippen LogP contribution in [0, 0.1) is 0 Å². The van der Waals surface area contributed by atoms with Crippen LogP contribution < -0.4 is 9.47 Å². The molecule has 0 spiro atoms. The summed E-state index contributed by atoms with van der Waals surface area (Å²) in [5, 5.41) is 0. The number of fused-ring (bicyclic) bond motifs is 1. The Kier molecular flexibility index (Phi) is 4.27. The van der Waals surface area contributed by atoms with Crippen molar-refractivity contribution < 1.29 is 19.1 Å². The highest BCUT2D eigenvalue weighted by Crippen LogP contribution is 2.50. The highest BCUT2D eigenvalue weighted by atomic mass is 16.5. The van der Waals surface area contributed by atoms with Crippen molar-refractivity contribution in [3.63, 3.8) is 0 Å². The minimum absolute atomic E-state index is 0.116. The van der Waals surface area contributed by atoms with E-state index >= 15 is 0 Å². The van der Waals surface area contributed by atoms with Crippen LogP contribution in [0.25, 0.3) is 0 Å². The number of carbonyl (C=O) groups excluding carboxylic acids is 2. The first-order chi connectivity index (χ1) is 12.8. The van der Waals surface area contributed by atoms with Gasteiger partial charge in [0.1, 0.15) is 11.5 Å². The van der Waals surface area contributed by atoms with E-state index in [0.717, 1.165) is 6.42 Å². The van der Waals surface area contributed by atoms with E-state index in [0.29, 0.717) is 11.5 Å². The third-order valence-electron chi connectivity index (χ3n) is 5.76. The number of hydrogen-bond acceptors (Lipinski definition) is 5. The summed E-state index contributed by atoms with van der Waals surface area (Å²) < 4.78 is 10.7. The fraction of sp³-hybridized carbons (Fsp3) is 0.364. The second kappa shape index (κ2) is 6.50. The summed E-state index contributed by atoms with van der Waals surface area (Å²) in [6.07, 6.45) is 0.896. The van der Waals surface area contributed by atoms with Crippen molar-refractivity contribution in [3.8, 4) is 11.5 Å². The first kappa shape index (κ1) is 17.7. The number of benzene rings is 2. The molecule has 0 amide bonds. The van der Waals surface area contributed by atoms with Crippen molar-refractivity contribution in [1.29, 1.82) is 0 Å². The fourth-order valence-electron chi connectivity index (χ4n) is 4.52. The molecule has 140 valence electrons. The van der Waals surface area contributed by atoms with E-state index in [1.165, 1.54) is 36.1 Å². The van der Waals surface area contributed by atoms with Gasteiger partial charge in [-0.1, -0.05) is 12.1 Å². The molecule has 0 radical (unpaired) electrons. The molecule has 27 heavy (non-hydrogen) atoms. The number of carbonyl (C=O) groups is 2. The average Bonchev–Trinajstić information content (AvgIpc) is 2.79.